The van der Waals surface area contributed by atoms with Gasteiger partial charge in [-0.3, -0.25) is 9.59 Å². The zero-order valence-corrected chi connectivity index (χ0v) is 11.8. The van der Waals surface area contributed by atoms with Crippen LogP contribution >= 0.6 is 0 Å². The van der Waals surface area contributed by atoms with Crippen molar-refractivity contribution in [3.05, 3.63) is 24.4 Å². The minimum absolute atomic E-state index is 0.0438. The fourth-order valence-electron chi connectivity index (χ4n) is 2.45. The molecule has 20 heavy (non-hydrogen) atoms. The van der Waals surface area contributed by atoms with Gasteiger partial charge in [-0.1, -0.05) is 13.0 Å². The van der Waals surface area contributed by atoms with Gasteiger partial charge in [0, 0.05) is 25.7 Å². The third kappa shape index (κ3) is 3.79. The van der Waals surface area contributed by atoms with Crippen LogP contribution in [0.15, 0.2) is 24.4 Å². The van der Waals surface area contributed by atoms with E-state index in [-0.39, 0.29) is 17.7 Å². The van der Waals surface area contributed by atoms with Crippen molar-refractivity contribution in [1.29, 1.82) is 0 Å². The molecule has 0 aromatic carbocycles. The molecule has 1 fully saturated rings. The second-order valence-electron chi connectivity index (χ2n) is 5.13. The molecule has 5 nitrogen and oxygen atoms in total. The van der Waals surface area contributed by atoms with Crippen LogP contribution in [0.3, 0.4) is 0 Å². The quantitative estimate of drug-likeness (QED) is 0.915. The lowest BCUT2D eigenvalue weighted by Crippen LogP contribution is -2.43. The maximum Gasteiger partial charge on any atom is 0.230 e. The summed E-state index contributed by atoms with van der Waals surface area (Å²) >= 11 is 0. The Balaban J connectivity index is 1.91. The van der Waals surface area contributed by atoms with Crippen molar-refractivity contribution in [2.24, 2.45) is 5.92 Å². The Kier molecular flexibility index (Phi) is 5.09. The van der Waals surface area contributed by atoms with Gasteiger partial charge in [-0.05, 0) is 31.4 Å². The Morgan fingerprint density at radius 2 is 2.30 bits per heavy atom. The summed E-state index contributed by atoms with van der Waals surface area (Å²) in [5.41, 5.74) is 0. The molecule has 5 heteroatoms. The van der Waals surface area contributed by atoms with Crippen LogP contribution in [0.1, 0.15) is 32.6 Å². The van der Waals surface area contributed by atoms with Crippen LogP contribution in [0.5, 0.6) is 0 Å². The molecule has 0 radical (unpaired) electrons. The van der Waals surface area contributed by atoms with Crippen molar-refractivity contribution < 1.29 is 9.59 Å². The molecule has 2 rings (SSSR count). The Morgan fingerprint density at radius 3 is 3.00 bits per heavy atom. The average molecular weight is 275 g/mol. The first-order valence-electron chi connectivity index (χ1n) is 7.20. The van der Waals surface area contributed by atoms with Gasteiger partial charge in [0.05, 0.1) is 5.92 Å². The lowest BCUT2D eigenvalue weighted by Gasteiger charge is -2.32. The van der Waals surface area contributed by atoms with Crippen LogP contribution in [0, 0.1) is 5.92 Å². The van der Waals surface area contributed by atoms with E-state index in [1.54, 1.807) is 18.3 Å². The molecule has 0 spiro atoms. The summed E-state index contributed by atoms with van der Waals surface area (Å²) in [7, 11) is 0. The van der Waals surface area contributed by atoms with Crippen LogP contribution in [-0.4, -0.2) is 34.8 Å². The number of hydrogen-bond acceptors (Lipinski definition) is 3. The number of anilines is 1. The van der Waals surface area contributed by atoms with E-state index in [9.17, 15) is 9.59 Å². The molecular weight excluding hydrogens is 254 g/mol. The lowest BCUT2D eigenvalue weighted by atomic mass is 9.96. The summed E-state index contributed by atoms with van der Waals surface area (Å²) in [6, 6.07) is 5.41. The number of likely N-dealkylation sites (tertiary alicyclic amines) is 1. The molecule has 0 saturated carbocycles. The smallest absolute Gasteiger partial charge is 0.230 e. The van der Waals surface area contributed by atoms with Crippen LogP contribution in [0.25, 0.3) is 0 Å². The van der Waals surface area contributed by atoms with Gasteiger partial charge in [0.25, 0.3) is 0 Å². The Labute approximate surface area is 119 Å². The maximum atomic E-state index is 12.2. The van der Waals surface area contributed by atoms with Gasteiger partial charge in [0.2, 0.25) is 11.8 Å². The van der Waals surface area contributed by atoms with E-state index < -0.39 is 0 Å². The molecule has 2 amide bonds. The van der Waals surface area contributed by atoms with Gasteiger partial charge in [0.1, 0.15) is 5.82 Å². The summed E-state index contributed by atoms with van der Waals surface area (Å²) in [4.78, 5) is 30.0. The van der Waals surface area contributed by atoms with E-state index in [0.29, 0.717) is 18.8 Å². The highest BCUT2D eigenvalue weighted by molar-refractivity contribution is 5.92. The Bertz CT molecular complexity index is 461. The molecular formula is C15H21N3O2. The molecule has 1 atom stereocenters. The number of nitrogens with zero attached hydrogens (tertiary/aromatic N) is 2. The Hall–Kier alpha value is -1.91. The van der Waals surface area contributed by atoms with E-state index in [1.165, 1.54) is 0 Å². The third-order valence-corrected chi connectivity index (χ3v) is 3.52. The lowest BCUT2D eigenvalue weighted by molar-refractivity contribution is -0.134. The van der Waals surface area contributed by atoms with Gasteiger partial charge in [-0.25, -0.2) is 4.98 Å². The summed E-state index contributed by atoms with van der Waals surface area (Å²) in [6.45, 7) is 3.29. The highest BCUT2D eigenvalue weighted by Crippen LogP contribution is 2.19. The fourth-order valence-corrected chi connectivity index (χ4v) is 2.45. The number of piperidine rings is 1. The van der Waals surface area contributed by atoms with Gasteiger partial charge in [-0.15, -0.1) is 0 Å². The highest BCUT2D eigenvalue weighted by Gasteiger charge is 2.28. The van der Waals surface area contributed by atoms with Crippen LogP contribution in [-0.2, 0) is 9.59 Å². The largest absolute Gasteiger partial charge is 0.342 e. The second kappa shape index (κ2) is 7.03. The normalized spacial score (nSPS) is 18.6. The summed E-state index contributed by atoms with van der Waals surface area (Å²) in [6.07, 6.45) is 4.77. The first kappa shape index (κ1) is 14.5. The summed E-state index contributed by atoms with van der Waals surface area (Å²) in [5.74, 6) is 0.543. The molecule has 2 heterocycles. The molecule has 1 aromatic heterocycles. The predicted octanol–water partition coefficient (Wildman–Crippen LogP) is 2.06. The van der Waals surface area contributed by atoms with E-state index >= 15 is 0 Å². The third-order valence-electron chi connectivity index (χ3n) is 3.52. The number of amides is 2. The molecule has 108 valence electrons. The minimum atomic E-state index is -0.133. The number of carbonyl (C=O) groups is 2. The number of rotatable bonds is 4. The average Bonchev–Trinajstić information content (AvgIpc) is 2.48. The zero-order chi connectivity index (χ0) is 14.4. The van der Waals surface area contributed by atoms with E-state index in [1.807, 2.05) is 17.9 Å². The number of aromatic nitrogens is 1. The molecule has 1 aromatic rings. The van der Waals surface area contributed by atoms with Crippen LogP contribution in [0.4, 0.5) is 5.82 Å². The van der Waals surface area contributed by atoms with Gasteiger partial charge >= 0.3 is 0 Å². The number of hydrogen-bond donors (Lipinski definition) is 1. The summed E-state index contributed by atoms with van der Waals surface area (Å²) in [5, 5.41) is 2.82. The molecule has 1 aliphatic heterocycles. The van der Waals surface area contributed by atoms with Gasteiger partial charge in [0.15, 0.2) is 0 Å². The maximum absolute atomic E-state index is 12.2. The number of nitrogens with one attached hydrogen (secondary N) is 1. The number of pyridine rings is 1. The van der Waals surface area contributed by atoms with E-state index in [4.69, 9.17) is 0 Å². The van der Waals surface area contributed by atoms with Crippen LogP contribution in [0.2, 0.25) is 0 Å². The SMILES string of the molecule is CCCC(=O)N1CCCC(C(=O)Nc2ccccn2)C1. The summed E-state index contributed by atoms with van der Waals surface area (Å²) < 4.78 is 0. The first-order chi connectivity index (χ1) is 9.70. The van der Waals surface area contributed by atoms with E-state index in [2.05, 4.69) is 10.3 Å². The first-order valence-corrected chi connectivity index (χ1v) is 7.20. The molecule has 0 bridgehead atoms. The van der Waals surface area contributed by atoms with Crippen molar-refractivity contribution in [2.45, 2.75) is 32.6 Å². The molecule has 1 N–H and O–H groups in total. The minimum Gasteiger partial charge on any atom is -0.342 e. The van der Waals surface area contributed by atoms with Crippen molar-refractivity contribution in [3.8, 4) is 0 Å². The van der Waals surface area contributed by atoms with Gasteiger partial charge in [-0.2, -0.15) is 0 Å². The fraction of sp³-hybridized carbons (Fsp3) is 0.533. The van der Waals surface area contributed by atoms with Crippen molar-refractivity contribution in [2.75, 3.05) is 18.4 Å². The molecule has 1 saturated heterocycles. The monoisotopic (exact) mass is 275 g/mol. The molecule has 1 aliphatic rings. The Morgan fingerprint density at radius 1 is 1.45 bits per heavy atom. The topological polar surface area (TPSA) is 62.3 Å². The van der Waals surface area contributed by atoms with Crippen molar-refractivity contribution >= 4 is 17.6 Å². The predicted molar refractivity (Wildman–Crippen MR) is 77.1 cm³/mol. The van der Waals surface area contributed by atoms with Crippen molar-refractivity contribution in [3.63, 3.8) is 0 Å². The molecule has 0 aliphatic carbocycles. The standard InChI is InChI=1S/C15H21N3O2/c1-2-6-14(19)18-10-5-7-12(11-18)15(20)17-13-8-3-4-9-16-13/h3-4,8-9,12H,2,5-7,10-11H2,1H3,(H,16,17,20). The van der Waals surface area contributed by atoms with Crippen molar-refractivity contribution in [1.82, 2.24) is 9.88 Å². The highest BCUT2D eigenvalue weighted by atomic mass is 16.2. The zero-order valence-electron chi connectivity index (χ0n) is 11.8. The molecule has 1 unspecified atom stereocenters. The van der Waals surface area contributed by atoms with Gasteiger partial charge < -0.3 is 10.2 Å². The second-order valence-corrected chi connectivity index (χ2v) is 5.13. The number of carbonyl (C=O) groups excluding carboxylic acids is 2. The van der Waals surface area contributed by atoms with Crippen LogP contribution < -0.4 is 5.32 Å². The van der Waals surface area contributed by atoms with E-state index in [0.717, 1.165) is 25.8 Å².